The first-order chi connectivity index (χ1) is 25.5. The summed E-state index contributed by atoms with van der Waals surface area (Å²) in [6.45, 7) is 0.878. The van der Waals surface area contributed by atoms with E-state index < -0.39 is 42.0 Å². The van der Waals surface area contributed by atoms with Crippen molar-refractivity contribution in [2.24, 2.45) is 29.5 Å². The van der Waals surface area contributed by atoms with Gasteiger partial charge in [0.05, 0.1) is 71.5 Å². The molecular formula is C31H60N7O13PS. The zero-order valence-electron chi connectivity index (χ0n) is 30.8. The second kappa shape index (κ2) is 30.0. The van der Waals surface area contributed by atoms with Gasteiger partial charge in [-0.25, -0.2) is 17.7 Å². The molecule has 1 rings (SSSR count). The molecule has 3 unspecified atom stereocenters. The first-order valence-electron chi connectivity index (χ1n) is 17.6. The number of nitrogens with two attached hydrogens (primary N) is 3. The number of ketones is 1. The Kier molecular flexibility index (Phi) is 27.6. The van der Waals surface area contributed by atoms with Gasteiger partial charge in [-0.3, -0.25) is 28.5 Å². The van der Waals surface area contributed by atoms with E-state index in [0.29, 0.717) is 25.7 Å². The molecule has 308 valence electrons. The lowest BCUT2D eigenvalue weighted by molar-refractivity contribution is -0.136. The third kappa shape index (κ3) is 23.3. The van der Waals surface area contributed by atoms with Gasteiger partial charge in [0.1, 0.15) is 11.8 Å². The van der Waals surface area contributed by atoms with Crippen molar-refractivity contribution < 1.29 is 61.8 Å². The Morgan fingerprint density at radius 1 is 0.698 bits per heavy atom. The Morgan fingerprint density at radius 2 is 1.21 bits per heavy atom. The lowest BCUT2D eigenvalue weighted by Gasteiger charge is -2.30. The quantitative estimate of drug-likeness (QED) is 0.0187. The third-order valence-corrected chi connectivity index (χ3v) is 11.7. The fraction of sp³-hybridized carbons (Fsp3) is 0.839. The second-order valence-corrected chi connectivity index (χ2v) is 17.3. The van der Waals surface area contributed by atoms with E-state index in [0.717, 1.165) is 0 Å². The van der Waals surface area contributed by atoms with Crippen molar-refractivity contribution in [2.75, 3.05) is 92.0 Å². The number of amides is 4. The van der Waals surface area contributed by atoms with Crippen LogP contribution in [0.15, 0.2) is 0 Å². The largest absolute Gasteiger partial charge is 0.377 e. The molecule has 1 saturated carbocycles. The van der Waals surface area contributed by atoms with E-state index in [2.05, 4.69) is 35.8 Å². The fourth-order valence-electron chi connectivity index (χ4n) is 5.19. The Balaban J connectivity index is 2.92. The molecule has 22 heteroatoms. The smallest absolute Gasteiger partial charge is 0.254 e. The molecule has 20 nitrogen and oxygen atoms in total. The van der Waals surface area contributed by atoms with Crippen LogP contribution in [-0.2, 0) is 61.8 Å². The summed E-state index contributed by atoms with van der Waals surface area (Å²) in [6, 6.07) is -1.10. The zero-order valence-corrected chi connectivity index (χ0v) is 32.6. The van der Waals surface area contributed by atoms with E-state index in [1.54, 1.807) is 12.9 Å². The fourth-order valence-corrected chi connectivity index (χ4v) is 6.66. The molecule has 0 aromatic heterocycles. The van der Waals surface area contributed by atoms with Gasteiger partial charge in [-0.05, 0) is 44.8 Å². The zero-order chi connectivity index (χ0) is 39.3. The second-order valence-electron chi connectivity index (χ2n) is 12.1. The molecule has 4 amide bonds. The molecule has 1 aliphatic carbocycles. The molecule has 1 fully saturated rings. The number of carbonyl (C=O) groups excluding carboxylic acids is 5. The highest BCUT2D eigenvalue weighted by atomic mass is 32.7. The highest BCUT2D eigenvalue weighted by Gasteiger charge is 2.33. The summed E-state index contributed by atoms with van der Waals surface area (Å²) in [6.07, 6.45) is 2.91. The van der Waals surface area contributed by atoms with Crippen LogP contribution in [0.25, 0.3) is 0 Å². The minimum Gasteiger partial charge on any atom is -0.377 e. The monoisotopic (exact) mass is 801 g/mol. The van der Waals surface area contributed by atoms with Crippen molar-refractivity contribution in [1.29, 1.82) is 0 Å². The summed E-state index contributed by atoms with van der Waals surface area (Å²) in [4.78, 5) is 79.2. The molecule has 0 radical (unpaired) electrons. The van der Waals surface area contributed by atoms with Crippen LogP contribution in [0.1, 0.15) is 51.4 Å². The van der Waals surface area contributed by atoms with Gasteiger partial charge in [-0.1, -0.05) is 11.4 Å². The highest BCUT2D eigenvalue weighted by Crippen LogP contribution is 2.56. The lowest BCUT2D eigenvalue weighted by atomic mass is 9.86. The maximum atomic E-state index is 13.6. The summed E-state index contributed by atoms with van der Waals surface area (Å²) >= 11 is 1.17. The third-order valence-electron chi connectivity index (χ3n) is 8.09. The molecule has 0 saturated heterocycles. The molecule has 0 aromatic rings. The van der Waals surface area contributed by atoms with Gasteiger partial charge in [0, 0.05) is 45.1 Å². The Labute approximate surface area is 315 Å². The van der Waals surface area contributed by atoms with Crippen LogP contribution >= 0.6 is 18.0 Å². The van der Waals surface area contributed by atoms with Gasteiger partial charge in [0.25, 0.3) is 6.57 Å². The summed E-state index contributed by atoms with van der Waals surface area (Å²) < 4.78 is 34.1. The van der Waals surface area contributed by atoms with E-state index in [4.69, 9.17) is 36.4 Å². The van der Waals surface area contributed by atoms with Crippen molar-refractivity contribution in [1.82, 2.24) is 21.3 Å². The van der Waals surface area contributed by atoms with Crippen LogP contribution in [0, 0.1) is 11.8 Å². The minimum absolute atomic E-state index is 0.0875. The average molecular weight is 802 g/mol. The topological polar surface area (TPSA) is 293 Å². The molecular weight excluding hydrogens is 741 g/mol. The van der Waals surface area contributed by atoms with Gasteiger partial charge in [-0.2, -0.15) is 0 Å². The highest BCUT2D eigenvalue weighted by molar-refractivity contribution is 8.56. The van der Waals surface area contributed by atoms with Gasteiger partial charge < -0.3 is 54.5 Å². The number of nitrogens with one attached hydrogen (secondary N) is 4. The molecule has 0 bridgehead atoms. The van der Waals surface area contributed by atoms with Crippen LogP contribution < -0.4 is 39.0 Å². The normalized spacial score (nSPS) is 18.0. The van der Waals surface area contributed by atoms with E-state index in [-0.39, 0.29) is 123 Å². The van der Waals surface area contributed by atoms with Crippen molar-refractivity contribution in [3.05, 3.63) is 0 Å². The first-order valence-corrected chi connectivity index (χ1v) is 21.5. The summed E-state index contributed by atoms with van der Waals surface area (Å²) in [7, 11) is 0. The SMILES string of the molecule is CSP(C)(=O)OC1CCC(C(=O)NC(CCC(=O)C(CCC(=O)NCCOCCON)C(=O)NCCOCCON)C(=O)NCCOCCON)CC1. The van der Waals surface area contributed by atoms with Gasteiger partial charge in [0.15, 0.2) is 0 Å². The Bertz CT molecular complexity index is 1120. The first kappa shape index (κ1) is 48.7. The van der Waals surface area contributed by atoms with Crippen LogP contribution in [-0.4, -0.2) is 134 Å². The molecule has 0 spiro atoms. The Hall–Kier alpha value is -2.27. The molecule has 0 heterocycles. The van der Waals surface area contributed by atoms with Crippen molar-refractivity contribution in [3.8, 4) is 0 Å². The predicted octanol–water partition coefficient (Wildman–Crippen LogP) is -0.953. The van der Waals surface area contributed by atoms with E-state index in [1.807, 2.05) is 0 Å². The van der Waals surface area contributed by atoms with Crippen molar-refractivity contribution >= 4 is 47.4 Å². The van der Waals surface area contributed by atoms with Crippen LogP contribution in [0.2, 0.25) is 0 Å². The standard InChI is InChI=1S/C31H60N7O13PS/c1-52(44,53-2)51-24-5-3-23(4-6-24)29(41)38-26(31(43)37-13-16-47-19-22-50-34)8-9-27(39)25(30(42)36-12-15-46-18-21-49-33)7-10-28(40)35-11-14-45-17-20-48-32/h23-26H,3-22,32-34H2,1-2H3,(H,35,40)(H,36,42)(H,37,43)(H,38,41). The number of rotatable bonds is 32. The number of carbonyl (C=O) groups is 5. The minimum atomic E-state index is -2.78. The number of hydrogen-bond acceptors (Lipinski definition) is 17. The Morgan fingerprint density at radius 3 is 1.72 bits per heavy atom. The average Bonchev–Trinajstić information content (AvgIpc) is 3.14. The van der Waals surface area contributed by atoms with E-state index in [9.17, 15) is 28.5 Å². The summed E-state index contributed by atoms with van der Waals surface area (Å²) in [5, 5.41) is 10.8. The van der Waals surface area contributed by atoms with Gasteiger partial charge >= 0.3 is 0 Å². The van der Waals surface area contributed by atoms with Gasteiger partial charge in [-0.15, -0.1) is 0 Å². The molecule has 1 aliphatic rings. The van der Waals surface area contributed by atoms with Gasteiger partial charge in [0.2, 0.25) is 23.6 Å². The van der Waals surface area contributed by atoms with Crippen molar-refractivity contribution in [2.45, 2.75) is 63.5 Å². The number of ether oxygens (including phenoxy) is 3. The van der Waals surface area contributed by atoms with E-state index >= 15 is 0 Å². The molecule has 53 heavy (non-hydrogen) atoms. The number of hydrogen-bond donors (Lipinski definition) is 7. The molecule has 0 aliphatic heterocycles. The van der Waals surface area contributed by atoms with Crippen LogP contribution in [0.5, 0.6) is 0 Å². The molecule has 10 N–H and O–H groups in total. The predicted molar refractivity (Wildman–Crippen MR) is 195 cm³/mol. The maximum absolute atomic E-state index is 13.6. The summed E-state index contributed by atoms with van der Waals surface area (Å²) in [5.74, 6) is 10.9. The summed E-state index contributed by atoms with van der Waals surface area (Å²) in [5.41, 5.74) is 0. The molecule has 0 aromatic carbocycles. The number of Topliss-reactive ketones (excluding diaryl/α,β-unsaturated/α-hetero) is 1. The van der Waals surface area contributed by atoms with E-state index in [1.165, 1.54) is 11.4 Å². The maximum Gasteiger partial charge on any atom is 0.254 e. The lowest BCUT2D eigenvalue weighted by Crippen LogP contribution is -2.50. The van der Waals surface area contributed by atoms with Crippen LogP contribution in [0.4, 0.5) is 0 Å². The molecule has 3 atom stereocenters. The van der Waals surface area contributed by atoms with Crippen molar-refractivity contribution in [3.63, 3.8) is 0 Å². The van der Waals surface area contributed by atoms with Crippen LogP contribution in [0.3, 0.4) is 0 Å².